The molecule has 0 spiro atoms. The number of anilines is 1. The molecule has 2 atom stereocenters. The van der Waals surface area contributed by atoms with E-state index in [2.05, 4.69) is 27.8 Å². The monoisotopic (exact) mass is 430 g/mol. The van der Waals surface area contributed by atoms with Crippen LogP contribution >= 0.6 is 0 Å². The molecule has 0 radical (unpaired) electrons. The van der Waals surface area contributed by atoms with Gasteiger partial charge in [0.2, 0.25) is 0 Å². The molecule has 0 saturated carbocycles. The molecule has 0 bridgehead atoms. The second-order valence-electron chi connectivity index (χ2n) is 7.86. The Kier molecular flexibility index (Phi) is 5.33. The molecule has 1 aliphatic rings. The van der Waals surface area contributed by atoms with Gasteiger partial charge in [-0.2, -0.15) is 0 Å². The van der Waals surface area contributed by atoms with E-state index in [4.69, 9.17) is 9.72 Å². The van der Waals surface area contributed by atoms with Crippen molar-refractivity contribution in [2.75, 3.05) is 25.5 Å². The van der Waals surface area contributed by atoms with Gasteiger partial charge in [0.1, 0.15) is 23.1 Å². The Balaban J connectivity index is 1.53. The summed E-state index contributed by atoms with van der Waals surface area (Å²) >= 11 is 0. The fraction of sp³-hybridized carbons (Fsp3) is 0.200. The van der Waals surface area contributed by atoms with Crippen molar-refractivity contribution < 1.29 is 14.2 Å². The van der Waals surface area contributed by atoms with Gasteiger partial charge in [-0.05, 0) is 48.0 Å². The van der Waals surface area contributed by atoms with E-state index in [9.17, 15) is 9.50 Å². The molecule has 32 heavy (non-hydrogen) atoms. The maximum atomic E-state index is 13.9. The summed E-state index contributed by atoms with van der Waals surface area (Å²) in [5.41, 5.74) is 2.18. The van der Waals surface area contributed by atoms with Crippen molar-refractivity contribution in [1.82, 2.24) is 15.3 Å². The Morgan fingerprint density at radius 2 is 1.84 bits per heavy atom. The number of phenols is 1. The van der Waals surface area contributed by atoms with Gasteiger partial charge in [0.25, 0.3) is 0 Å². The summed E-state index contributed by atoms with van der Waals surface area (Å²) < 4.78 is 19.1. The number of rotatable bonds is 5. The Morgan fingerprint density at radius 3 is 2.66 bits per heavy atom. The molecule has 162 valence electrons. The lowest BCUT2D eigenvalue weighted by Crippen LogP contribution is -2.27. The van der Waals surface area contributed by atoms with Crippen LogP contribution in [0.15, 0.2) is 66.7 Å². The fourth-order valence-electron chi connectivity index (χ4n) is 4.20. The van der Waals surface area contributed by atoms with Crippen molar-refractivity contribution in [3.8, 4) is 22.9 Å². The minimum absolute atomic E-state index is 0.0636. The number of hydrogen-bond acceptors (Lipinski definition) is 6. The first-order chi connectivity index (χ1) is 15.6. The molecule has 0 amide bonds. The van der Waals surface area contributed by atoms with E-state index in [-0.39, 0.29) is 29.1 Å². The normalized spacial score (nSPS) is 18.1. The first kappa shape index (κ1) is 20.2. The first-order valence-corrected chi connectivity index (χ1v) is 10.5. The van der Waals surface area contributed by atoms with E-state index >= 15 is 0 Å². The second-order valence-corrected chi connectivity index (χ2v) is 7.86. The van der Waals surface area contributed by atoms with Crippen molar-refractivity contribution in [3.63, 3.8) is 0 Å². The van der Waals surface area contributed by atoms with Crippen LogP contribution in [0.5, 0.6) is 11.5 Å². The van der Waals surface area contributed by atoms with Crippen LogP contribution in [0.4, 0.5) is 10.2 Å². The van der Waals surface area contributed by atoms with Gasteiger partial charge in [-0.3, -0.25) is 0 Å². The highest BCUT2D eigenvalue weighted by molar-refractivity contribution is 5.91. The van der Waals surface area contributed by atoms with E-state index in [1.807, 2.05) is 36.4 Å². The van der Waals surface area contributed by atoms with Crippen LogP contribution in [-0.2, 0) is 0 Å². The van der Waals surface area contributed by atoms with Crippen molar-refractivity contribution >= 4 is 16.7 Å². The Labute approximate surface area is 185 Å². The number of aromatic hydroxyl groups is 1. The molecule has 3 N–H and O–H groups in total. The molecular formula is C25H23FN4O2. The van der Waals surface area contributed by atoms with Gasteiger partial charge < -0.3 is 20.5 Å². The summed E-state index contributed by atoms with van der Waals surface area (Å²) in [6.07, 6.45) is 0. The molecule has 7 heteroatoms. The fourth-order valence-corrected chi connectivity index (χ4v) is 4.20. The highest BCUT2D eigenvalue weighted by Crippen LogP contribution is 2.33. The van der Waals surface area contributed by atoms with Crippen molar-refractivity contribution in [1.29, 1.82) is 0 Å². The quantitative estimate of drug-likeness (QED) is 0.438. The number of para-hydroxylation sites is 1. The number of ether oxygens (including phenoxy) is 1. The topological polar surface area (TPSA) is 79.3 Å². The van der Waals surface area contributed by atoms with Gasteiger partial charge >= 0.3 is 0 Å². The average molecular weight is 430 g/mol. The van der Waals surface area contributed by atoms with E-state index in [0.717, 1.165) is 29.7 Å². The molecule has 2 unspecified atom stereocenters. The lowest BCUT2D eigenvalue weighted by atomic mass is 9.94. The van der Waals surface area contributed by atoms with E-state index < -0.39 is 5.82 Å². The number of methoxy groups -OCH3 is 1. The smallest absolute Gasteiger partial charge is 0.165 e. The minimum atomic E-state index is -0.455. The number of hydrogen-bond donors (Lipinski definition) is 3. The van der Waals surface area contributed by atoms with Crippen LogP contribution in [0.2, 0.25) is 0 Å². The summed E-state index contributed by atoms with van der Waals surface area (Å²) in [7, 11) is 1.66. The third-order valence-electron chi connectivity index (χ3n) is 5.88. The highest BCUT2D eigenvalue weighted by atomic mass is 19.1. The largest absolute Gasteiger partial charge is 0.507 e. The van der Waals surface area contributed by atoms with Crippen molar-refractivity contribution in [3.05, 3.63) is 78.1 Å². The molecule has 1 fully saturated rings. The molecule has 0 aliphatic carbocycles. The second kappa shape index (κ2) is 8.43. The molecule has 5 rings (SSSR count). The Bertz CT molecular complexity index is 1260. The summed E-state index contributed by atoms with van der Waals surface area (Å²) in [6.45, 7) is 1.61. The maximum Gasteiger partial charge on any atom is 0.165 e. The Morgan fingerprint density at radius 1 is 1.03 bits per heavy atom. The molecular weight excluding hydrogens is 407 g/mol. The lowest BCUT2D eigenvalue weighted by Gasteiger charge is -2.22. The number of nitrogens with one attached hydrogen (secondary N) is 2. The lowest BCUT2D eigenvalue weighted by molar-refractivity contribution is 0.414. The summed E-state index contributed by atoms with van der Waals surface area (Å²) in [5.74, 6) is 1.47. The standard InChI is InChI=1S/C25H23FN4O2/c1-32-17-9-6-15(7-10-17)20-13-27-14-22(20)29-24-18-4-2-3-5-21(18)28-25(30-24)19-12-16(26)8-11-23(19)31/h2-12,20,22,27,31H,13-14H2,1H3,(H,28,29,30). The van der Waals surface area contributed by atoms with Gasteiger partial charge in [-0.15, -0.1) is 0 Å². The number of fused-ring (bicyclic) bond motifs is 1. The van der Waals surface area contributed by atoms with Gasteiger partial charge in [0.05, 0.1) is 18.2 Å². The third-order valence-corrected chi connectivity index (χ3v) is 5.88. The van der Waals surface area contributed by atoms with Gasteiger partial charge in [0, 0.05) is 30.4 Å². The number of halogens is 1. The highest BCUT2D eigenvalue weighted by Gasteiger charge is 2.29. The number of nitrogens with zero attached hydrogens (tertiary/aromatic N) is 2. The van der Waals surface area contributed by atoms with E-state index in [1.54, 1.807) is 7.11 Å². The third kappa shape index (κ3) is 3.83. The van der Waals surface area contributed by atoms with Gasteiger partial charge in [0.15, 0.2) is 5.82 Å². The number of aromatic nitrogens is 2. The molecule has 3 aromatic carbocycles. The minimum Gasteiger partial charge on any atom is -0.507 e. The first-order valence-electron chi connectivity index (χ1n) is 10.5. The van der Waals surface area contributed by atoms with Crippen LogP contribution in [-0.4, -0.2) is 41.3 Å². The van der Waals surface area contributed by atoms with Gasteiger partial charge in [-0.1, -0.05) is 24.3 Å². The van der Waals surface area contributed by atoms with E-state index in [0.29, 0.717) is 5.82 Å². The summed E-state index contributed by atoms with van der Waals surface area (Å²) in [4.78, 5) is 9.27. The average Bonchev–Trinajstić information content (AvgIpc) is 3.28. The zero-order valence-electron chi connectivity index (χ0n) is 17.5. The Hall–Kier alpha value is -3.71. The van der Waals surface area contributed by atoms with Crippen molar-refractivity contribution in [2.24, 2.45) is 0 Å². The van der Waals surface area contributed by atoms with Crippen LogP contribution < -0.4 is 15.4 Å². The van der Waals surface area contributed by atoms with Crippen LogP contribution in [0.25, 0.3) is 22.3 Å². The van der Waals surface area contributed by atoms with Gasteiger partial charge in [-0.25, -0.2) is 14.4 Å². The molecule has 1 aliphatic heterocycles. The zero-order valence-corrected chi connectivity index (χ0v) is 17.5. The summed E-state index contributed by atoms with van der Waals surface area (Å²) in [5, 5.41) is 18.2. The molecule has 1 saturated heterocycles. The number of phenolic OH excluding ortho intramolecular Hbond substituents is 1. The van der Waals surface area contributed by atoms with Crippen LogP contribution in [0, 0.1) is 5.82 Å². The zero-order chi connectivity index (χ0) is 22.1. The van der Waals surface area contributed by atoms with E-state index in [1.165, 1.54) is 23.8 Å². The predicted molar refractivity (Wildman–Crippen MR) is 123 cm³/mol. The SMILES string of the molecule is COc1ccc(C2CNCC2Nc2nc(-c3cc(F)ccc3O)nc3ccccc23)cc1. The molecule has 4 aromatic rings. The molecule has 2 heterocycles. The predicted octanol–water partition coefficient (Wildman–Crippen LogP) is 4.32. The van der Waals surface area contributed by atoms with Crippen molar-refractivity contribution in [2.45, 2.75) is 12.0 Å². The van der Waals surface area contributed by atoms with Crippen LogP contribution in [0.1, 0.15) is 11.5 Å². The number of benzene rings is 3. The maximum absolute atomic E-state index is 13.9. The summed E-state index contributed by atoms with van der Waals surface area (Å²) in [6, 6.07) is 19.6. The molecule has 6 nitrogen and oxygen atoms in total. The molecule has 1 aromatic heterocycles. The van der Waals surface area contributed by atoms with Crippen LogP contribution in [0.3, 0.4) is 0 Å².